The minimum atomic E-state index is -0.569. The zero-order valence-electron chi connectivity index (χ0n) is 17.5. The van der Waals surface area contributed by atoms with Gasteiger partial charge in [-0.1, -0.05) is 0 Å². The highest BCUT2D eigenvalue weighted by Gasteiger charge is 2.29. The molecule has 0 saturated carbocycles. The lowest BCUT2D eigenvalue weighted by atomic mass is 10.0. The van der Waals surface area contributed by atoms with Crippen molar-refractivity contribution < 1.29 is 23.1 Å². The predicted octanol–water partition coefficient (Wildman–Crippen LogP) is 4.39. The molecule has 1 N–H and O–H groups in total. The fourth-order valence-electron chi connectivity index (χ4n) is 3.16. The van der Waals surface area contributed by atoms with E-state index in [1.54, 1.807) is 19.4 Å². The molecule has 0 radical (unpaired) electrons. The first-order valence-electron chi connectivity index (χ1n) is 9.57. The Labute approximate surface area is 174 Å². The Morgan fingerprint density at radius 2 is 1.83 bits per heavy atom. The zero-order chi connectivity index (χ0) is 21.9. The number of nitrogens with one attached hydrogen (secondary N) is 1. The molecule has 30 heavy (non-hydrogen) atoms. The summed E-state index contributed by atoms with van der Waals surface area (Å²) in [5, 5.41) is 3.52. The van der Waals surface area contributed by atoms with Gasteiger partial charge in [0.2, 0.25) is 11.8 Å². The average molecular weight is 412 g/mol. The molecular formula is C23H25FN2O4. The van der Waals surface area contributed by atoms with Crippen LogP contribution < -0.4 is 10.1 Å². The summed E-state index contributed by atoms with van der Waals surface area (Å²) in [7, 11) is 1.58. The molecule has 0 saturated heterocycles. The second-order valence-corrected chi connectivity index (χ2v) is 8.01. The maximum absolute atomic E-state index is 13.1. The summed E-state index contributed by atoms with van der Waals surface area (Å²) in [5.74, 6) is -0.269. The third kappa shape index (κ3) is 4.97. The van der Waals surface area contributed by atoms with Gasteiger partial charge in [0.15, 0.2) is 0 Å². The zero-order valence-corrected chi connectivity index (χ0v) is 17.5. The van der Waals surface area contributed by atoms with Gasteiger partial charge in [-0.15, -0.1) is 0 Å². The number of rotatable bonds is 6. The number of carbonyl (C=O) groups is 2. The summed E-state index contributed by atoms with van der Waals surface area (Å²) in [6.45, 7) is 5.49. The Morgan fingerprint density at radius 3 is 2.47 bits per heavy atom. The number of furan rings is 1. The van der Waals surface area contributed by atoms with Crippen molar-refractivity contribution in [3.05, 3.63) is 60.1 Å². The first kappa shape index (κ1) is 21.4. The summed E-state index contributed by atoms with van der Waals surface area (Å²) >= 11 is 0. The largest absolute Gasteiger partial charge is 0.497 e. The van der Waals surface area contributed by atoms with E-state index in [0.29, 0.717) is 17.0 Å². The van der Waals surface area contributed by atoms with Gasteiger partial charge in [0.05, 0.1) is 19.8 Å². The summed E-state index contributed by atoms with van der Waals surface area (Å²) in [5.41, 5.74) is 1.27. The van der Waals surface area contributed by atoms with E-state index in [1.165, 1.54) is 29.2 Å². The minimum absolute atomic E-state index is 0.0976. The lowest BCUT2D eigenvalue weighted by Gasteiger charge is -2.35. The third-order valence-electron chi connectivity index (χ3n) is 4.75. The molecule has 1 heterocycles. The molecule has 7 heteroatoms. The highest BCUT2D eigenvalue weighted by atomic mass is 19.1. The highest BCUT2D eigenvalue weighted by Crippen LogP contribution is 2.27. The van der Waals surface area contributed by atoms with Crippen LogP contribution in [0.5, 0.6) is 5.75 Å². The molecule has 0 unspecified atom stereocenters. The second-order valence-electron chi connectivity index (χ2n) is 8.01. The van der Waals surface area contributed by atoms with Crippen molar-refractivity contribution >= 4 is 28.5 Å². The van der Waals surface area contributed by atoms with Crippen molar-refractivity contribution in [1.82, 2.24) is 4.90 Å². The van der Waals surface area contributed by atoms with Crippen LogP contribution in [0.25, 0.3) is 11.0 Å². The van der Waals surface area contributed by atoms with Gasteiger partial charge in [-0.25, -0.2) is 4.39 Å². The molecule has 2 amide bonds. The molecule has 3 aromatic rings. The van der Waals surface area contributed by atoms with Crippen LogP contribution in [0.2, 0.25) is 0 Å². The Morgan fingerprint density at radius 1 is 1.13 bits per heavy atom. The van der Waals surface area contributed by atoms with E-state index in [4.69, 9.17) is 9.15 Å². The van der Waals surface area contributed by atoms with Crippen LogP contribution in [0, 0.1) is 5.82 Å². The molecule has 0 aliphatic carbocycles. The number of ether oxygens (including phenoxy) is 1. The van der Waals surface area contributed by atoms with Crippen LogP contribution >= 0.6 is 0 Å². The van der Waals surface area contributed by atoms with Crippen LogP contribution in [0.1, 0.15) is 26.3 Å². The summed E-state index contributed by atoms with van der Waals surface area (Å²) in [6.07, 6.45) is 1.65. The number of nitrogens with zero attached hydrogens (tertiary/aromatic N) is 1. The van der Waals surface area contributed by atoms with Crippen LogP contribution in [0.3, 0.4) is 0 Å². The summed E-state index contributed by atoms with van der Waals surface area (Å²) < 4.78 is 23.8. The normalized spacial score (nSPS) is 11.4. The molecule has 0 bridgehead atoms. The first-order chi connectivity index (χ1) is 14.2. The molecule has 0 atom stereocenters. The second kappa shape index (κ2) is 8.57. The molecule has 3 rings (SSSR count). The number of anilines is 1. The molecular weight excluding hydrogens is 387 g/mol. The standard InChI is InChI=1S/C23H25FN2O4/c1-23(2,3)26(13-21(27)25-17-7-5-16(24)6-8-17)22(28)11-15-14-30-20-12-18(29-4)9-10-19(15)20/h5-10,12,14H,11,13H2,1-4H3,(H,25,27). The van der Waals surface area contributed by atoms with Gasteiger partial charge < -0.3 is 19.4 Å². The van der Waals surface area contributed by atoms with Crippen molar-refractivity contribution in [3.8, 4) is 5.75 Å². The summed E-state index contributed by atoms with van der Waals surface area (Å²) in [4.78, 5) is 27.1. The topological polar surface area (TPSA) is 71.8 Å². The monoisotopic (exact) mass is 412 g/mol. The van der Waals surface area contributed by atoms with E-state index >= 15 is 0 Å². The van der Waals surface area contributed by atoms with Crippen molar-refractivity contribution in [2.75, 3.05) is 19.0 Å². The van der Waals surface area contributed by atoms with Crippen molar-refractivity contribution in [3.63, 3.8) is 0 Å². The number of halogens is 1. The maximum atomic E-state index is 13.1. The van der Waals surface area contributed by atoms with Crippen molar-refractivity contribution in [1.29, 1.82) is 0 Å². The van der Waals surface area contributed by atoms with Crippen molar-refractivity contribution in [2.45, 2.75) is 32.7 Å². The van der Waals surface area contributed by atoms with Crippen LogP contribution in [-0.2, 0) is 16.0 Å². The number of amides is 2. The van der Waals surface area contributed by atoms with E-state index in [1.807, 2.05) is 32.9 Å². The molecule has 0 aliphatic heterocycles. The molecule has 0 fully saturated rings. The predicted molar refractivity (Wildman–Crippen MR) is 113 cm³/mol. The van der Waals surface area contributed by atoms with E-state index in [9.17, 15) is 14.0 Å². The van der Waals surface area contributed by atoms with E-state index in [-0.39, 0.29) is 30.6 Å². The Bertz CT molecular complexity index is 1050. The van der Waals surface area contributed by atoms with E-state index in [2.05, 4.69) is 5.32 Å². The van der Waals surface area contributed by atoms with Gasteiger partial charge in [0, 0.05) is 28.2 Å². The van der Waals surface area contributed by atoms with Crippen LogP contribution in [0.15, 0.2) is 53.1 Å². The Kier molecular flexibility index (Phi) is 6.10. The molecule has 1 aromatic heterocycles. The summed E-state index contributed by atoms with van der Waals surface area (Å²) in [6, 6.07) is 10.9. The number of methoxy groups -OCH3 is 1. The molecule has 6 nitrogen and oxygen atoms in total. The number of hydrogen-bond acceptors (Lipinski definition) is 4. The lowest BCUT2D eigenvalue weighted by molar-refractivity contribution is -0.138. The Hall–Kier alpha value is -3.35. The van der Waals surface area contributed by atoms with Crippen LogP contribution in [0.4, 0.5) is 10.1 Å². The fourth-order valence-corrected chi connectivity index (χ4v) is 3.16. The number of hydrogen-bond donors (Lipinski definition) is 1. The number of fused-ring (bicyclic) bond motifs is 1. The smallest absolute Gasteiger partial charge is 0.244 e. The van der Waals surface area contributed by atoms with Crippen molar-refractivity contribution in [2.24, 2.45) is 0 Å². The Balaban J connectivity index is 1.74. The van der Waals surface area contributed by atoms with Gasteiger partial charge in [0.25, 0.3) is 0 Å². The maximum Gasteiger partial charge on any atom is 0.244 e. The van der Waals surface area contributed by atoms with Gasteiger partial charge in [-0.05, 0) is 57.2 Å². The number of benzene rings is 2. The SMILES string of the molecule is COc1ccc2c(CC(=O)N(CC(=O)Nc3ccc(F)cc3)C(C)(C)C)coc2c1. The molecule has 2 aromatic carbocycles. The number of carbonyl (C=O) groups excluding carboxylic acids is 2. The minimum Gasteiger partial charge on any atom is -0.497 e. The van der Waals surface area contributed by atoms with Gasteiger partial charge in [-0.3, -0.25) is 9.59 Å². The molecule has 0 spiro atoms. The molecule has 158 valence electrons. The van der Waals surface area contributed by atoms with Gasteiger partial charge in [0.1, 0.15) is 23.7 Å². The van der Waals surface area contributed by atoms with Crippen LogP contribution in [-0.4, -0.2) is 35.9 Å². The van der Waals surface area contributed by atoms with E-state index < -0.39 is 5.54 Å². The quantitative estimate of drug-likeness (QED) is 0.652. The first-order valence-corrected chi connectivity index (χ1v) is 9.57. The van der Waals surface area contributed by atoms with Gasteiger partial charge >= 0.3 is 0 Å². The van der Waals surface area contributed by atoms with Gasteiger partial charge in [-0.2, -0.15) is 0 Å². The lowest BCUT2D eigenvalue weighted by Crippen LogP contribution is -2.49. The average Bonchev–Trinajstić information content (AvgIpc) is 3.08. The third-order valence-corrected chi connectivity index (χ3v) is 4.75. The van der Waals surface area contributed by atoms with E-state index in [0.717, 1.165) is 10.9 Å². The highest BCUT2D eigenvalue weighted by molar-refractivity contribution is 5.95. The molecule has 0 aliphatic rings. The fraction of sp³-hybridized carbons (Fsp3) is 0.304.